The smallest absolute Gasteiger partial charge is 0.230 e. The molecule has 0 bridgehead atoms. The van der Waals surface area contributed by atoms with Gasteiger partial charge in [0.25, 0.3) is 0 Å². The van der Waals surface area contributed by atoms with Gasteiger partial charge in [0.1, 0.15) is 5.75 Å². The van der Waals surface area contributed by atoms with Gasteiger partial charge in [-0.3, -0.25) is 4.79 Å². The Balaban J connectivity index is 1.80. The maximum absolute atomic E-state index is 12.7. The average molecular weight is 260 g/mol. The van der Waals surface area contributed by atoms with Gasteiger partial charge in [-0.2, -0.15) is 0 Å². The SMILES string of the molecule is O=C(C1CCOc2ccccc21)N1CCCNCC1. The van der Waals surface area contributed by atoms with Crippen molar-refractivity contribution in [3.63, 3.8) is 0 Å². The van der Waals surface area contributed by atoms with Crippen LogP contribution in [0.1, 0.15) is 24.3 Å². The summed E-state index contributed by atoms with van der Waals surface area (Å²) in [6.07, 6.45) is 1.83. The number of nitrogens with zero attached hydrogens (tertiary/aromatic N) is 1. The highest BCUT2D eigenvalue weighted by Crippen LogP contribution is 2.34. The number of benzene rings is 1. The first kappa shape index (κ1) is 12.5. The van der Waals surface area contributed by atoms with E-state index in [1.807, 2.05) is 29.2 Å². The van der Waals surface area contributed by atoms with Crippen molar-refractivity contribution in [2.24, 2.45) is 0 Å². The third-order valence-corrected chi connectivity index (χ3v) is 3.91. The van der Waals surface area contributed by atoms with Gasteiger partial charge in [-0.1, -0.05) is 18.2 Å². The lowest BCUT2D eigenvalue weighted by atomic mass is 9.91. The van der Waals surface area contributed by atoms with E-state index < -0.39 is 0 Å². The maximum Gasteiger partial charge on any atom is 0.230 e. The Kier molecular flexibility index (Phi) is 3.69. The predicted octanol–water partition coefficient (Wildman–Crippen LogP) is 1.37. The number of para-hydroxylation sites is 1. The topological polar surface area (TPSA) is 41.6 Å². The summed E-state index contributed by atoms with van der Waals surface area (Å²) < 4.78 is 5.63. The van der Waals surface area contributed by atoms with E-state index in [0.29, 0.717) is 6.61 Å². The second-order valence-electron chi connectivity index (χ2n) is 5.16. The van der Waals surface area contributed by atoms with Crippen LogP contribution in [0.4, 0.5) is 0 Å². The van der Waals surface area contributed by atoms with Crippen molar-refractivity contribution in [3.8, 4) is 5.75 Å². The molecule has 0 aromatic heterocycles. The van der Waals surface area contributed by atoms with Gasteiger partial charge >= 0.3 is 0 Å². The molecule has 0 spiro atoms. The lowest BCUT2D eigenvalue weighted by molar-refractivity contribution is -0.133. The van der Waals surface area contributed by atoms with Crippen LogP contribution < -0.4 is 10.1 Å². The number of hydrogen-bond acceptors (Lipinski definition) is 3. The first-order chi connectivity index (χ1) is 9.36. The Bertz CT molecular complexity index is 453. The van der Waals surface area contributed by atoms with Gasteiger partial charge in [0.2, 0.25) is 5.91 Å². The Morgan fingerprint density at radius 1 is 1.26 bits per heavy atom. The molecule has 0 radical (unpaired) electrons. The molecule has 2 aliphatic rings. The lowest BCUT2D eigenvalue weighted by Crippen LogP contribution is -2.39. The molecule has 1 aromatic rings. The number of rotatable bonds is 1. The summed E-state index contributed by atoms with van der Waals surface area (Å²) in [4.78, 5) is 14.7. The zero-order valence-corrected chi connectivity index (χ0v) is 11.1. The molecule has 1 unspecified atom stereocenters. The van der Waals surface area contributed by atoms with E-state index in [2.05, 4.69) is 5.32 Å². The number of amides is 1. The normalized spacial score (nSPS) is 23.2. The van der Waals surface area contributed by atoms with Gasteiger partial charge in [0.15, 0.2) is 0 Å². The van der Waals surface area contributed by atoms with Gasteiger partial charge in [-0.25, -0.2) is 0 Å². The van der Waals surface area contributed by atoms with Crippen LogP contribution in [0, 0.1) is 0 Å². The molecule has 19 heavy (non-hydrogen) atoms. The van der Waals surface area contributed by atoms with Gasteiger partial charge < -0.3 is 15.0 Å². The van der Waals surface area contributed by atoms with Crippen molar-refractivity contribution in [3.05, 3.63) is 29.8 Å². The summed E-state index contributed by atoms with van der Waals surface area (Å²) in [5, 5.41) is 3.34. The summed E-state index contributed by atoms with van der Waals surface area (Å²) in [7, 11) is 0. The Hall–Kier alpha value is -1.55. The van der Waals surface area contributed by atoms with Crippen LogP contribution in [-0.2, 0) is 4.79 Å². The molecule has 4 nitrogen and oxygen atoms in total. The Morgan fingerprint density at radius 3 is 3.11 bits per heavy atom. The monoisotopic (exact) mass is 260 g/mol. The third kappa shape index (κ3) is 2.59. The minimum atomic E-state index is -0.0250. The van der Waals surface area contributed by atoms with Crippen LogP contribution in [0.5, 0.6) is 5.75 Å². The van der Waals surface area contributed by atoms with Crippen molar-refractivity contribution >= 4 is 5.91 Å². The minimum absolute atomic E-state index is 0.0250. The molecule has 4 heteroatoms. The second kappa shape index (κ2) is 5.61. The van der Waals surface area contributed by atoms with E-state index in [1.54, 1.807) is 0 Å². The summed E-state index contributed by atoms with van der Waals surface area (Å²) in [6.45, 7) is 4.23. The van der Waals surface area contributed by atoms with Crippen LogP contribution >= 0.6 is 0 Å². The second-order valence-corrected chi connectivity index (χ2v) is 5.16. The van der Waals surface area contributed by atoms with Crippen LogP contribution in [0.3, 0.4) is 0 Å². The fourth-order valence-corrected chi connectivity index (χ4v) is 2.89. The zero-order chi connectivity index (χ0) is 13.1. The zero-order valence-electron chi connectivity index (χ0n) is 11.1. The van der Waals surface area contributed by atoms with Gasteiger partial charge in [-0.05, 0) is 25.5 Å². The van der Waals surface area contributed by atoms with E-state index in [4.69, 9.17) is 4.74 Å². The molecule has 2 aliphatic heterocycles. The number of hydrogen-bond donors (Lipinski definition) is 1. The highest BCUT2D eigenvalue weighted by molar-refractivity contribution is 5.85. The van der Waals surface area contributed by atoms with Crippen LogP contribution in [0.15, 0.2) is 24.3 Å². The number of carbonyl (C=O) groups is 1. The highest BCUT2D eigenvalue weighted by Gasteiger charge is 2.30. The van der Waals surface area contributed by atoms with Crippen LogP contribution in [0.2, 0.25) is 0 Å². The van der Waals surface area contributed by atoms with Crippen molar-refractivity contribution in [1.29, 1.82) is 0 Å². The molecule has 0 saturated carbocycles. The van der Waals surface area contributed by atoms with E-state index in [1.165, 1.54) is 0 Å². The molecule has 1 atom stereocenters. The predicted molar refractivity (Wildman–Crippen MR) is 73.4 cm³/mol. The number of nitrogens with one attached hydrogen (secondary N) is 1. The first-order valence-electron chi connectivity index (χ1n) is 7.07. The molecular formula is C15H20N2O2. The molecule has 1 fully saturated rings. The third-order valence-electron chi connectivity index (χ3n) is 3.91. The van der Waals surface area contributed by atoms with Crippen LogP contribution in [-0.4, -0.2) is 43.6 Å². The molecule has 3 rings (SSSR count). The summed E-state index contributed by atoms with van der Waals surface area (Å²) in [6, 6.07) is 7.92. The highest BCUT2D eigenvalue weighted by atomic mass is 16.5. The molecule has 1 N–H and O–H groups in total. The summed E-state index contributed by atoms with van der Waals surface area (Å²) >= 11 is 0. The Morgan fingerprint density at radius 2 is 2.16 bits per heavy atom. The van der Waals surface area contributed by atoms with E-state index in [0.717, 1.165) is 50.3 Å². The molecule has 102 valence electrons. The van der Waals surface area contributed by atoms with Crippen molar-refractivity contribution < 1.29 is 9.53 Å². The van der Waals surface area contributed by atoms with Crippen LogP contribution in [0.25, 0.3) is 0 Å². The number of carbonyl (C=O) groups excluding carboxylic acids is 1. The first-order valence-corrected chi connectivity index (χ1v) is 7.07. The fraction of sp³-hybridized carbons (Fsp3) is 0.533. The lowest BCUT2D eigenvalue weighted by Gasteiger charge is -2.30. The van der Waals surface area contributed by atoms with Crippen molar-refractivity contribution in [2.45, 2.75) is 18.8 Å². The van der Waals surface area contributed by atoms with Gasteiger partial charge in [-0.15, -0.1) is 0 Å². The number of fused-ring (bicyclic) bond motifs is 1. The maximum atomic E-state index is 12.7. The van der Waals surface area contributed by atoms with Gasteiger partial charge in [0, 0.05) is 25.2 Å². The Labute approximate surface area is 113 Å². The average Bonchev–Trinajstić information content (AvgIpc) is 2.75. The fourth-order valence-electron chi connectivity index (χ4n) is 2.89. The standard InChI is InChI=1S/C15H20N2O2/c18-15(17-9-3-7-16-8-10-17)13-6-11-19-14-5-2-1-4-12(13)14/h1-2,4-5,13,16H,3,6-11H2. The summed E-state index contributed by atoms with van der Waals surface area (Å²) in [5.41, 5.74) is 1.05. The largest absolute Gasteiger partial charge is 0.493 e. The van der Waals surface area contributed by atoms with E-state index >= 15 is 0 Å². The van der Waals surface area contributed by atoms with Crippen molar-refractivity contribution in [2.75, 3.05) is 32.8 Å². The van der Waals surface area contributed by atoms with E-state index in [-0.39, 0.29) is 11.8 Å². The summed E-state index contributed by atoms with van der Waals surface area (Å²) in [5.74, 6) is 1.11. The molecule has 1 aromatic carbocycles. The molecule has 2 heterocycles. The minimum Gasteiger partial charge on any atom is -0.493 e. The van der Waals surface area contributed by atoms with Gasteiger partial charge in [0.05, 0.1) is 12.5 Å². The molecule has 1 amide bonds. The molecular weight excluding hydrogens is 240 g/mol. The molecule has 0 aliphatic carbocycles. The van der Waals surface area contributed by atoms with Crippen molar-refractivity contribution in [1.82, 2.24) is 10.2 Å². The molecule has 1 saturated heterocycles. The quantitative estimate of drug-likeness (QED) is 0.829. The van der Waals surface area contributed by atoms with E-state index in [9.17, 15) is 4.79 Å². The number of ether oxygens (including phenoxy) is 1.